The van der Waals surface area contributed by atoms with Crippen LogP contribution in [0, 0.1) is 5.92 Å². The molecule has 0 bridgehead atoms. The van der Waals surface area contributed by atoms with Crippen LogP contribution in [0.5, 0.6) is 0 Å². The van der Waals surface area contributed by atoms with Crippen LogP contribution in [0.4, 0.5) is 5.69 Å². The van der Waals surface area contributed by atoms with Crippen molar-refractivity contribution in [1.29, 1.82) is 0 Å². The van der Waals surface area contributed by atoms with Crippen LogP contribution >= 0.6 is 0 Å². The third-order valence-electron chi connectivity index (χ3n) is 5.31. The molecule has 1 fully saturated rings. The summed E-state index contributed by atoms with van der Waals surface area (Å²) < 4.78 is 22.6. The van der Waals surface area contributed by atoms with Gasteiger partial charge in [-0.25, -0.2) is 13.6 Å². The van der Waals surface area contributed by atoms with Crippen molar-refractivity contribution in [3.8, 4) is 0 Å². The molecule has 0 aromatic heterocycles. The van der Waals surface area contributed by atoms with Crippen molar-refractivity contribution in [1.82, 2.24) is 10.2 Å². The monoisotopic (exact) mass is 470 g/mol. The minimum Gasteiger partial charge on any atom is -0.343 e. The van der Waals surface area contributed by atoms with Crippen LogP contribution in [0.15, 0.2) is 65.6 Å². The van der Waals surface area contributed by atoms with Crippen molar-refractivity contribution in [2.45, 2.75) is 17.7 Å². The number of nitrogens with one attached hydrogen (secondary N) is 2. The van der Waals surface area contributed by atoms with E-state index in [9.17, 15) is 22.8 Å². The number of amides is 3. The number of likely N-dealkylation sites (tertiary alicyclic amines) is 1. The lowest BCUT2D eigenvalue weighted by Gasteiger charge is -2.31. The molecule has 2 aromatic rings. The highest BCUT2D eigenvalue weighted by Gasteiger charge is 2.27. The largest absolute Gasteiger partial charge is 0.343 e. The number of sulfonamides is 1. The van der Waals surface area contributed by atoms with Crippen molar-refractivity contribution in [2.75, 3.05) is 25.0 Å². The summed E-state index contributed by atoms with van der Waals surface area (Å²) in [6.45, 7) is 0.721. The molecular formula is C23H26N4O5S. The fourth-order valence-corrected chi connectivity index (χ4v) is 3.95. The smallest absolute Gasteiger partial charge is 0.244 e. The van der Waals surface area contributed by atoms with Crippen LogP contribution in [0.1, 0.15) is 18.4 Å². The quantitative estimate of drug-likeness (QED) is 0.524. The molecule has 2 aromatic carbocycles. The molecule has 0 radical (unpaired) electrons. The van der Waals surface area contributed by atoms with Crippen LogP contribution in [-0.4, -0.2) is 50.7 Å². The molecule has 1 aliphatic heterocycles. The second-order valence-corrected chi connectivity index (χ2v) is 9.24. The van der Waals surface area contributed by atoms with E-state index in [1.807, 2.05) is 30.3 Å². The third-order valence-corrected chi connectivity index (χ3v) is 6.24. The Morgan fingerprint density at radius 1 is 1.00 bits per heavy atom. The predicted molar refractivity (Wildman–Crippen MR) is 124 cm³/mol. The molecule has 10 heteroatoms. The fraction of sp³-hybridized carbons (Fsp3) is 0.261. The Morgan fingerprint density at radius 3 is 2.24 bits per heavy atom. The zero-order chi connectivity index (χ0) is 23.8. The zero-order valence-corrected chi connectivity index (χ0v) is 18.8. The van der Waals surface area contributed by atoms with Gasteiger partial charge in [-0.2, -0.15) is 0 Å². The molecule has 3 amide bonds. The lowest BCUT2D eigenvalue weighted by Crippen LogP contribution is -2.45. The highest BCUT2D eigenvalue weighted by molar-refractivity contribution is 7.89. The van der Waals surface area contributed by atoms with Gasteiger partial charge in [0.1, 0.15) is 0 Å². The first kappa shape index (κ1) is 24.1. The second kappa shape index (κ2) is 10.9. The molecule has 33 heavy (non-hydrogen) atoms. The Hall–Kier alpha value is -3.50. The Kier molecular flexibility index (Phi) is 7.96. The van der Waals surface area contributed by atoms with E-state index in [1.165, 1.54) is 30.3 Å². The predicted octanol–water partition coefficient (Wildman–Crippen LogP) is 1.34. The number of benzene rings is 2. The normalized spacial score (nSPS) is 14.8. The number of rotatable bonds is 7. The van der Waals surface area contributed by atoms with Gasteiger partial charge in [0, 0.05) is 30.8 Å². The third kappa shape index (κ3) is 7.26. The van der Waals surface area contributed by atoms with Crippen molar-refractivity contribution < 1.29 is 22.8 Å². The van der Waals surface area contributed by atoms with Gasteiger partial charge in [0.25, 0.3) is 0 Å². The van der Waals surface area contributed by atoms with E-state index in [4.69, 9.17) is 5.14 Å². The molecule has 0 saturated carbocycles. The molecule has 174 valence electrons. The molecule has 0 aliphatic carbocycles. The minimum atomic E-state index is -3.79. The molecule has 0 atom stereocenters. The average molecular weight is 471 g/mol. The number of nitrogens with zero attached hydrogens (tertiary/aromatic N) is 1. The lowest BCUT2D eigenvalue weighted by atomic mass is 9.95. The summed E-state index contributed by atoms with van der Waals surface area (Å²) in [5, 5.41) is 10.4. The summed E-state index contributed by atoms with van der Waals surface area (Å²) in [6.07, 6.45) is 4.05. The maximum absolute atomic E-state index is 12.5. The highest BCUT2D eigenvalue weighted by Crippen LogP contribution is 2.20. The first-order chi connectivity index (χ1) is 15.7. The summed E-state index contributed by atoms with van der Waals surface area (Å²) in [4.78, 5) is 38.4. The summed E-state index contributed by atoms with van der Waals surface area (Å²) in [7, 11) is -3.79. The molecule has 4 N–H and O–H groups in total. The number of carbonyl (C=O) groups is 3. The van der Waals surface area contributed by atoms with Gasteiger partial charge in [-0.05, 0) is 48.7 Å². The minimum absolute atomic E-state index is 0.0324. The molecule has 9 nitrogen and oxygen atoms in total. The number of hydrogen-bond acceptors (Lipinski definition) is 5. The number of piperidine rings is 1. The number of nitrogens with two attached hydrogens (primary N) is 1. The molecule has 0 unspecified atom stereocenters. The van der Waals surface area contributed by atoms with E-state index in [-0.39, 0.29) is 35.1 Å². The van der Waals surface area contributed by atoms with Gasteiger partial charge in [-0.3, -0.25) is 14.4 Å². The average Bonchev–Trinajstić information content (AvgIpc) is 2.81. The topological polar surface area (TPSA) is 139 Å². The fourth-order valence-electron chi connectivity index (χ4n) is 3.43. The first-order valence-corrected chi connectivity index (χ1v) is 12.0. The van der Waals surface area contributed by atoms with Gasteiger partial charge >= 0.3 is 0 Å². The summed E-state index contributed by atoms with van der Waals surface area (Å²) in [6, 6.07) is 15.0. The Bertz CT molecular complexity index is 1120. The Morgan fingerprint density at radius 2 is 1.64 bits per heavy atom. The maximum Gasteiger partial charge on any atom is 0.244 e. The van der Waals surface area contributed by atoms with Gasteiger partial charge < -0.3 is 15.5 Å². The van der Waals surface area contributed by atoms with Gasteiger partial charge in [-0.1, -0.05) is 30.3 Å². The van der Waals surface area contributed by atoms with Crippen molar-refractivity contribution in [2.24, 2.45) is 11.1 Å². The van der Waals surface area contributed by atoms with Gasteiger partial charge in [0.15, 0.2) is 0 Å². The number of hydrogen-bond donors (Lipinski definition) is 3. The van der Waals surface area contributed by atoms with Crippen molar-refractivity contribution in [3.05, 3.63) is 66.2 Å². The van der Waals surface area contributed by atoms with Gasteiger partial charge in [0.05, 0.1) is 11.4 Å². The zero-order valence-electron chi connectivity index (χ0n) is 17.9. The standard InChI is InChI=1S/C23H26N4O5S/c24-33(31,32)20-9-7-19(8-10-20)26-23(30)18-12-14-27(15-13-18)22(29)16-25-21(28)11-6-17-4-2-1-3-5-17/h1-11,18H,12-16H2,(H,25,28)(H,26,30)(H2,24,31,32)/b11-6+. The second-order valence-electron chi connectivity index (χ2n) is 7.68. The number of carbonyl (C=O) groups excluding carboxylic acids is 3. The SMILES string of the molecule is NS(=O)(=O)c1ccc(NC(=O)C2CCN(C(=O)CNC(=O)/C=C/c3ccccc3)CC2)cc1. The van der Waals surface area contributed by atoms with Gasteiger partial charge in [0.2, 0.25) is 27.7 Å². The molecular weight excluding hydrogens is 444 g/mol. The Balaban J connectivity index is 1.41. The molecule has 1 heterocycles. The van der Waals surface area contributed by atoms with E-state index >= 15 is 0 Å². The molecule has 0 spiro atoms. The number of anilines is 1. The van der Waals surface area contributed by atoms with E-state index in [2.05, 4.69) is 10.6 Å². The van der Waals surface area contributed by atoms with E-state index in [0.29, 0.717) is 31.6 Å². The van der Waals surface area contributed by atoms with Crippen LogP contribution in [0.2, 0.25) is 0 Å². The van der Waals surface area contributed by atoms with Crippen LogP contribution < -0.4 is 15.8 Å². The van der Waals surface area contributed by atoms with E-state index in [1.54, 1.807) is 11.0 Å². The van der Waals surface area contributed by atoms with Crippen molar-refractivity contribution >= 4 is 39.5 Å². The van der Waals surface area contributed by atoms with Gasteiger partial charge in [-0.15, -0.1) is 0 Å². The number of primary sulfonamides is 1. The summed E-state index contributed by atoms with van der Waals surface area (Å²) >= 11 is 0. The van der Waals surface area contributed by atoms with E-state index in [0.717, 1.165) is 5.56 Å². The molecule has 1 aliphatic rings. The van der Waals surface area contributed by atoms with Crippen LogP contribution in [-0.2, 0) is 24.4 Å². The highest BCUT2D eigenvalue weighted by atomic mass is 32.2. The first-order valence-electron chi connectivity index (χ1n) is 10.4. The van der Waals surface area contributed by atoms with Crippen LogP contribution in [0.25, 0.3) is 6.08 Å². The maximum atomic E-state index is 12.5. The van der Waals surface area contributed by atoms with Crippen LogP contribution in [0.3, 0.4) is 0 Å². The van der Waals surface area contributed by atoms with E-state index < -0.39 is 10.0 Å². The lowest BCUT2D eigenvalue weighted by molar-refractivity contribution is -0.134. The molecule has 1 saturated heterocycles. The summed E-state index contributed by atoms with van der Waals surface area (Å²) in [5.74, 6) is -1.01. The Labute approximate surface area is 192 Å². The summed E-state index contributed by atoms with van der Waals surface area (Å²) in [5.41, 5.74) is 1.36. The molecule has 3 rings (SSSR count). The van der Waals surface area contributed by atoms with Crippen molar-refractivity contribution in [3.63, 3.8) is 0 Å².